The fraction of sp³-hybridized carbons (Fsp3) is 0.952. The van der Waals surface area contributed by atoms with E-state index < -0.39 is 16.7 Å². The van der Waals surface area contributed by atoms with Crippen LogP contribution in [0.5, 0.6) is 0 Å². The minimum atomic E-state index is -0.602. The molecule has 0 aromatic carbocycles. The van der Waals surface area contributed by atoms with Gasteiger partial charge in [-0.2, -0.15) is 0 Å². The van der Waals surface area contributed by atoms with Crippen molar-refractivity contribution in [3.8, 4) is 0 Å². The van der Waals surface area contributed by atoms with E-state index in [1.165, 1.54) is 19.3 Å². The van der Waals surface area contributed by atoms with Crippen LogP contribution in [0.3, 0.4) is 0 Å². The van der Waals surface area contributed by atoms with Crippen LogP contribution < -0.4 is 5.73 Å². The van der Waals surface area contributed by atoms with Gasteiger partial charge in [0.05, 0.1) is 12.0 Å². The molecule has 5 nitrogen and oxygen atoms in total. The Morgan fingerprint density at radius 1 is 1.15 bits per heavy atom. The number of nitrogens with two attached hydrogens (primary N) is 1. The molecule has 152 valence electrons. The monoisotopic (exact) mass is 369 g/mol. The summed E-state index contributed by atoms with van der Waals surface area (Å²) < 4.78 is 18.0. The smallest absolute Gasteiger partial charge is 0.312 e. The summed E-state index contributed by atoms with van der Waals surface area (Å²) >= 11 is 0. The predicted octanol–water partition coefficient (Wildman–Crippen LogP) is 4.18. The summed E-state index contributed by atoms with van der Waals surface area (Å²) in [4.78, 5) is 12.8. The van der Waals surface area contributed by atoms with E-state index in [1.54, 1.807) is 0 Å². The molecule has 1 spiro atoms. The Bertz CT molecular complexity index is 463. The van der Waals surface area contributed by atoms with E-state index in [9.17, 15) is 4.79 Å². The highest BCUT2D eigenvalue weighted by Crippen LogP contribution is 2.38. The first-order valence-electron chi connectivity index (χ1n) is 10.3. The third kappa shape index (κ3) is 5.67. The minimum absolute atomic E-state index is 0.149. The van der Waals surface area contributed by atoms with Gasteiger partial charge in [-0.3, -0.25) is 4.79 Å². The SMILES string of the molecule is CC(C)C(C)(CC(C)(C)N)C(=O)OCC1COC2(CCCCCCC2)O1. The van der Waals surface area contributed by atoms with E-state index in [0.29, 0.717) is 13.0 Å². The van der Waals surface area contributed by atoms with Crippen molar-refractivity contribution >= 4 is 5.97 Å². The molecule has 0 aromatic heterocycles. The van der Waals surface area contributed by atoms with E-state index in [1.807, 2.05) is 34.6 Å². The molecule has 26 heavy (non-hydrogen) atoms. The molecule has 2 fully saturated rings. The van der Waals surface area contributed by atoms with Gasteiger partial charge in [-0.25, -0.2) is 0 Å². The van der Waals surface area contributed by atoms with Gasteiger partial charge in [-0.1, -0.05) is 33.1 Å². The van der Waals surface area contributed by atoms with Crippen LogP contribution in [0.2, 0.25) is 0 Å². The number of hydrogen-bond acceptors (Lipinski definition) is 5. The molecule has 1 saturated carbocycles. The Labute approximate surface area is 159 Å². The fourth-order valence-corrected chi connectivity index (χ4v) is 4.20. The minimum Gasteiger partial charge on any atom is -0.462 e. The quantitative estimate of drug-likeness (QED) is 0.711. The van der Waals surface area contributed by atoms with Crippen molar-refractivity contribution < 1.29 is 19.0 Å². The topological polar surface area (TPSA) is 70.8 Å². The molecule has 0 amide bonds. The first-order chi connectivity index (χ1) is 12.1. The molecule has 1 aliphatic carbocycles. The van der Waals surface area contributed by atoms with Gasteiger partial charge in [0.15, 0.2) is 5.79 Å². The van der Waals surface area contributed by atoms with Gasteiger partial charge in [0.2, 0.25) is 0 Å². The van der Waals surface area contributed by atoms with Crippen LogP contribution in [0.25, 0.3) is 0 Å². The maximum atomic E-state index is 12.8. The summed E-state index contributed by atoms with van der Waals surface area (Å²) in [5, 5.41) is 0. The fourth-order valence-electron chi connectivity index (χ4n) is 4.20. The number of hydrogen-bond donors (Lipinski definition) is 1. The summed E-state index contributed by atoms with van der Waals surface area (Å²) in [6.45, 7) is 10.7. The molecule has 2 unspecified atom stereocenters. The lowest BCUT2D eigenvalue weighted by Gasteiger charge is -2.37. The van der Waals surface area contributed by atoms with Crippen molar-refractivity contribution in [3.63, 3.8) is 0 Å². The van der Waals surface area contributed by atoms with E-state index >= 15 is 0 Å². The van der Waals surface area contributed by atoms with Gasteiger partial charge in [-0.05, 0) is 46.0 Å². The zero-order chi connectivity index (χ0) is 19.4. The molecule has 2 atom stereocenters. The average Bonchev–Trinajstić information content (AvgIpc) is 2.91. The van der Waals surface area contributed by atoms with Gasteiger partial charge < -0.3 is 19.9 Å². The molecule has 1 saturated heterocycles. The van der Waals surface area contributed by atoms with Crippen LogP contribution in [0.4, 0.5) is 0 Å². The number of carbonyl (C=O) groups excluding carboxylic acids is 1. The highest BCUT2D eigenvalue weighted by atomic mass is 16.8. The largest absolute Gasteiger partial charge is 0.462 e. The van der Waals surface area contributed by atoms with Gasteiger partial charge in [0.1, 0.15) is 12.7 Å². The molecule has 2 N–H and O–H groups in total. The Hall–Kier alpha value is -0.650. The van der Waals surface area contributed by atoms with Gasteiger partial charge in [-0.15, -0.1) is 0 Å². The van der Waals surface area contributed by atoms with Crippen LogP contribution in [0.15, 0.2) is 0 Å². The number of carbonyl (C=O) groups is 1. The van der Waals surface area contributed by atoms with E-state index in [-0.39, 0.29) is 24.6 Å². The molecule has 5 heteroatoms. The molecule has 2 aliphatic rings. The molecular weight excluding hydrogens is 330 g/mol. The van der Waals surface area contributed by atoms with Crippen LogP contribution in [-0.4, -0.2) is 36.6 Å². The number of rotatable bonds is 6. The van der Waals surface area contributed by atoms with Crippen molar-refractivity contribution in [1.82, 2.24) is 0 Å². The third-order valence-electron chi connectivity index (χ3n) is 5.99. The maximum absolute atomic E-state index is 12.8. The van der Waals surface area contributed by atoms with Crippen LogP contribution in [0.1, 0.15) is 86.0 Å². The van der Waals surface area contributed by atoms with Crippen molar-refractivity contribution in [3.05, 3.63) is 0 Å². The van der Waals surface area contributed by atoms with E-state index in [4.69, 9.17) is 19.9 Å². The summed E-state index contributed by atoms with van der Waals surface area (Å²) in [7, 11) is 0. The average molecular weight is 370 g/mol. The molecule has 0 radical (unpaired) electrons. The first-order valence-corrected chi connectivity index (χ1v) is 10.3. The van der Waals surface area contributed by atoms with Gasteiger partial charge in [0, 0.05) is 18.4 Å². The van der Waals surface area contributed by atoms with Crippen LogP contribution >= 0.6 is 0 Å². The Balaban J connectivity index is 1.90. The molecular formula is C21H39NO4. The first kappa shape index (κ1) is 21.6. The van der Waals surface area contributed by atoms with E-state index in [0.717, 1.165) is 25.7 Å². The van der Waals surface area contributed by atoms with Crippen molar-refractivity contribution in [2.75, 3.05) is 13.2 Å². The maximum Gasteiger partial charge on any atom is 0.312 e. The molecule has 0 aromatic rings. The van der Waals surface area contributed by atoms with Gasteiger partial charge >= 0.3 is 5.97 Å². The second-order valence-corrected chi connectivity index (χ2v) is 9.57. The lowest BCUT2D eigenvalue weighted by atomic mass is 9.71. The Morgan fingerprint density at radius 2 is 1.73 bits per heavy atom. The van der Waals surface area contributed by atoms with Crippen molar-refractivity contribution in [2.45, 2.75) is 103 Å². The van der Waals surface area contributed by atoms with Gasteiger partial charge in [0.25, 0.3) is 0 Å². The second kappa shape index (κ2) is 8.57. The molecule has 0 bridgehead atoms. The molecule has 1 aliphatic heterocycles. The summed E-state index contributed by atoms with van der Waals surface area (Å²) in [5.41, 5.74) is 5.16. The van der Waals surface area contributed by atoms with Crippen molar-refractivity contribution in [1.29, 1.82) is 0 Å². The normalized spacial score (nSPS) is 26.3. The predicted molar refractivity (Wildman–Crippen MR) is 103 cm³/mol. The summed E-state index contributed by atoms with van der Waals surface area (Å²) in [6.07, 6.45) is 8.40. The zero-order valence-corrected chi connectivity index (χ0v) is 17.4. The zero-order valence-electron chi connectivity index (χ0n) is 17.4. The summed E-state index contributed by atoms with van der Waals surface area (Å²) in [5.74, 6) is -0.485. The Kier molecular flexibility index (Phi) is 7.14. The number of ether oxygens (including phenoxy) is 3. The standard InChI is InChI=1S/C21H39NO4/c1-16(2)20(5,15-19(3,4)22)18(23)24-13-17-14-25-21(26-17)11-9-7-6-8-10-12-21/h16-17H,6-15,22H2,1-5H3. The molecule has 1 heterocycles. The van der Waals surface area contributed by atoms with E-state index in [2.05, 4.69) is 0 Å². The highest BCUT2D eigenvalue weighted by molar-refractivity contribution is 5.77. The molecule has 2 rings (SSSR count). The number of esters is 1. The second-order valence-electron chi connectivity index (χ2n) is 9.57. The third-order valence-corrected chi connectivity index (χ3v) is 5.99. The van der Waals surface area contributed by atoms with Crippen LogP contribution in [-0.2, 0) is 19.0 Å². The Morgan fingerprint density at radius 3 is 2.27 bits per heavy atom. The van der Waals surface area contributed by atoms with Crippen molar-refractivity contribution in [2.24, 2.45) is 17.1 Å². The van der Waals surface area contributed by atoms with Crippen LogP contribution in [0, 0.1) is 11.3 Å². The lowest BCUT2D eigenvalue weighted by Crippen LogP contribution is -2.46. The lowest BCUT2D eigenvalue weighted by molar-refractivity contribution is -0.189. The summed E-state index contributed by atoms with van der Waals surface area (Å²) in [6, 6.07) is 0. The highest BCUT2D eigenvalue weighted by Gasteiger charge is 2.44.